The molecule has 0 spiro atoms. The number of alkyl halides is 3. The molecule has 0 amide bonds. The number of fused-ring (bicyclic) bond motifs is 3. The van der Waals surface area contributed by atoms with Crippen LogP contribution in [-0.4, -0.2) is 28.1 Å². The molecule has 0 fully saturated rings. The van der Waals surface area contributed by atoms with Gasteiger partial charge in [-0.05, 0) is 43.3 Å². The number of aromatic nitrogens is 3. The number of rotatable bonds is 3. The second-order valence-electron chi connectivity index (χ2n) is 6.78. The number of anilines is 1. The van der Waals surface area contributed by atoms with Gasteiger partial charge in [-0.25, -0.2) is 4.98 Å². The normalized spacial score (nSPS) is 11.9. The van der Waals surface area contributed by atoms with Crippen LogP contribution in [0.25, 0.3) is 27.6 Å². The van der Waals surface area contributed by atoms with Crippen molar-refractivity contribution in [2.75, 3.05) is 18.5 Å². The van der Waals surface area contributed by atoms with E-state index in [1.165, 1.54) is 27.7 Å². The Morgan fingerprint density at radius 1 is 1.13 bits per heavy atom. The molecule has 0 aliphatic rings. The molecule has 3 heterocycles. The summed E-state index contributed by atoms with van der Waals surface area (Å²) in [6.07, 6.45) is -3.04. The highest BCUT2D eigenvalue weighted by Gasteiger charge is 2.35. The van der Waals surface area contributed by atoms with E-state index >= 15 is 0 Å². The fourth-order valence-electron chi connectivity index (χ4n) is 3.40. The van der Waals surface area contributed by atoms with Gasteiger partial charge in [0.1, 0.15) is 10.7 Å². The van der Waals surface area contributed by atoms with E-state index in [1.54, 1.807) is 38.4 Å². The lowest BCUT2D eigenvalue weighted by Gasteiger charge is -2.23. The number of hydrogen-bond donors (Lipinski definition) is 0. The molecule has 0 saturated heterocycles. The third-order valence-electron chi connectivity index (χ3n) is 4.96. The van der Waals surface area contributed by atoms with Crippen molar-refractivity contribution in [1.29, 1.82) is 0 Å². The highest BCUT2D eigenvalue weighted by atomic mass is 35.5. The van der Waals surface area contributed by atoms with Crippen molar-refractivity contribution in [1.82, 2.24) is 14.5 Å². The summed E-state index contributed by atoms with van der Waals surface area (Å²) >= 11 is 6.03. The molecule has 3 aromatic heterocycles. The fraction of sp³-hybridized carbons (Fsp3) is 0.190. The Bertz CT molecular complexity index is 1330. The molecule has 30 heavy (non-hydrogen) atoms. The van der Waals surface area contributed by atoms with E-state index in [2.05, 4.69) is 9.97 Å². The predicted octanol–water partition coefficient (Wildman–Crippen LogP) is 5.06. The average Bonchev–Trinajstić information content (AvgIpc) is 2.72. The molecule has 1 aromatic carbocycles. The Morgan fingerprint density at radius 3 is 2.60 bits per heavy atom. The van der Waals surface area contributed by atoms with Gasteiger partial charge in [-0.15, -0.1) is 0 Å². The zero-order valence-electron chi connectivity index (χ0n) is 16.0. The topological polar surface area (TPSA) is 51.0 Å². The molecule has 9 heteroatoms. The monoisotopic (exact) mass is 432 g/mol. The molecule has 0 atom stereocenters. The second-order valence-corrected chi connectivity index (χ2v) is 7.17. The van der Waals surface area contributed by atoms with Crippen LogP contribution < -0.4 is 10.5 Å². The first-order valence-electron chi connectivity index (χ1n) is 9.10. The molecule has 0 aliphatic carbocycles. The lowest BCUT2D eigenvalue weighted by atomic mass is 10.1. The minimum Gasteiger partial charge on any atom is -0.374 e. The number of pyridine rings is 3. The van der Waals surface area contributed by atoms with Gasteiger partial charge in [-0.2, -0.15) is 13.2 Å². The van der Waals surface area contributed by atoms with E-state index in [9.17, 15) is 18.0 Å². The Morgan fingerprint density at radius 2 is 1.90 bits per heavy atom. The maximum Gasteiger partial charge on any atom is 0.418 e. The summed E-state index contributed by atoms with van der Waals surface area (Å²) in [6.45, 7) is 2.16. The smallest absolute Gasteiger partial charge is 0.374 e. The van der Waals surface area contributed by atoms with Gasteiger partial charge >= 0.3 is 6.18 Å². The van der Waals surface area contributed by atoms with Crippen molar-refractivity contribution >= 4 is 39.2 Å². The summed E-state index contributed by atoms with van der Waals surface area (Å²) in [5, 5.41) is 0.746. The van der Waals surface area contributed by atoms with E-state index in [0.29, 0.717) is 28.5 Å². The van der Waals surface area contributed by atoms with Gasteiger partial charge in [0.25, 0.3) is 5.56 Å². The van der Waals surface area contributed by atoms with Gasteiger partial charge in [0.15, 0.2) is 0 Å². The van der Waals surface area contributed by atoms with Gasteiger partial charge in [-0.3, -0.25) is 14.3 Å². The van der Waals surface area contributed by atoms with Crippen LogP contribution in [0.2, 0.25) is 5.15 Å². The van der Waals surface area contributed by atoms with Gasteiger partial charge in [0.05, 0.1) is 22.3 Å². The zero-order chi connectivity index (χ0) is 21.6. The van der Waals surface area contributed by atoms with Crippen LogP contribution in [0.3, 0.4) is 0 Å². The van der Waals surface area contributed by atoms with E-state index < -0.39 is 17.3 Å². The van der Waals surface area contributed by atoms with Crippen molar-refractivity contribution in [2.45, 2.75) is 13.1 Å². The number of benzene rings is 1. The van der Waals surface area contributed by atoms with Crippen LogP contribution in [-0.2, 0) is 6.18 Å². The van der Waals surface area contributed by atoms with Crippen molar-refractivity contribution < 1.29 is 13.2 Å². The molecule has 4 aromatic rings. The van der Waals surface area contributed by atoms with Crippen molar-refractivity contribution in [3.63, 3.8) is 0 Å². The largest absolute Gasteiger partial charge is 0.418 e. The van der Waals surface area contributed by atoms with Gasteiger partial charge in [0, 0.05) is 36.9 Å². The van der Waals surface area contributed by atoms with Gasteiger partial charge < -0.3 is 4.90 Å². The van der Waals surface area contributed by atoms with E-state index in [0.717, 1.165) is 6.07 Å². The Labute approximate surface area is 174 Å². The molecule has 0 bridgehead atoms. The summed E-state index contributed by atoms with van der Waals surface area (Å²) in [6, 6.07) is 9.91. The van der Waals surface area contributed by atoms with Crippen LogP contribution in [0.1, 0.15) is 12.5 Å². The average molecular weight is 433 g/mol. The summed E-state index contributed by atoms with van der Waals surface area (Å²) in [5.74, 6) is 0. The molecule has 5 nitrogen and oxygen atoms in total. The first kappa shape index (κ1) is 20.2. The zero-order valence-corrected chi connectivity index (χ0v) is 16.8. The van der Waals surface area contributed by atoms with Crippen molar-refractivity contribution in [3.05, 3.63) is 69.7 Å². The quantitative estimate of drug-likeness (QED) is 0.335. The Hall–Kier alpha value is -3.13. The van der Waals surface area contributed by atoms with Crippen LogP contribution >= 0.6 is 11.6 Å². The summed E-state index contributed by atoms with van der Waals surface area (Å²) in [5.41, 5.74) is -0.0281. The number of hydrogen-bond acceptors (Lipinski definition) is 4. The third-order valence-corrected chi connectivity index (χ3v) is 5.17. The van der Waals surface area contributed by atoms with E-state index in [4.69, 9.17) is 11.6 Å². The lowest BCUT2D eigenvalue weighted by Crippen LogP contribution is -2.22. The Kier molecular flexibility index (Phi) is 4.89. The molecular formula is C21H16ClF3N4O. The second kappa shape index (κ2) is 7.28. The highest BCUT2D eigenvalue weighted by molar-refractivity contribution is 6.30. The number of halogens is 4. The van der Waals surface area contributed by atoms with Gasteiger partial charge in [-0.1, -0.05) is 11.6 Å². The van der Waals surface area contributed by atoms with E-state index in [-0.39, 0.29) is 16.5 Å². The maximum atomic E-state index is 13.8. The van der Waals surface area contributed by atoms with Crippen LogP contribution in [0.5, 0.6) is 0 Å². The predicted molar refractivity (Wildman–Crippen MR) is 112 cm³/mol. The maximum absolute atomic E-state index is 13.8. The molecule has 0 N–H and O–H groups in total. The molecule has 0 saturated carbocycles. The van der Waals surface area contributed by atoms with Crippen molar-refractivity contribution in [2.24, 2.45) is 0 Å². The SMILES string of the molecule is CCN(C)c1ccc(-n2c(=O)ccc3cnc4ccc(Cl)nc4c32)cc1C(F)(F)F. The first-order valence-corrected chi connectivity index (χ1v) is 9.48. The lowest BCUT2D eigenvalue weighted by molar-refractivity contribution is -0.137. The van der Waals surface area contributed by atoms with Crippen LogP contribution in [0.4, 0.5) is 18.9 Å². The molecule has 0 radical (unpaired) electrons. The minimum absolute atomic E-state index is 0.0368. The van der Waals surface area contributed by atoms with Crippen LogP contribution in [0, 0.1) is 0 Å². The summed E-state index contributed by atoms with van der Waals surface area (Å²) in [7, 11) is 1.58. The fourth-order valence-corrected chi connectivity index (χ4v) is 3.54. The van der Waals surface area contributed by atoms with Crippen molar-refractivity contribution in [3.8, 4) is 5.69 Å². The molecule has 154 valence electrons. The minimum atomic E-state index is -4.59. The number of nitrogens with zero attached hydrogens (tertiary/aromatic N) is 4. The summed E-state index contributed by atoms with van der Waals surface area (Å²) < 4.78 is 42.6. The molecule has 0 unspecified atom stereocenters. The van der Waals surface area contributed by atoms with Gasteiger partial charge in [0.2, 0.25) is 0 Å². The van der Waals surface area contributed by atoms with E-state index in [1.807, 2.05) is 0 Å². The molecular weight excluding hydrogens is 417 g/mol. The summed E-state index contributed by atoms with van der Waals surface area (Å²) in [4.78, 5) is 22.9. The molecule has 0 aliphatic heterocycles. The third kappa shape index (κ3) is 3.37. The standard InChI is InChI=1S/C21H16ClF3N4O/c1-3-28(2)16-7-5-13(10-14(16)21(23,24)25)29-18(30)9-4-12-11-26-15-6-8-17(22)27-19(15)20(12)29/h4-11H,3H2,1-2H3. The van der Waals surface area contributed by atoms with Crippen LogP contribution in [0.15, 0.2) is 53.5 Å². The first-order chi connectivity index (χ1) is 14.2. The molecule has 4 rings (SSSR count). The Balaban J connectivity index is 2.10. The highest BCUT2D eigenvalue weighted by Crippen LogP contribution is 2.38.